The van der Waals surface area contributed by atoms with Gasteiger partial charge in [0.2, 0.25) is 0 Å². The maximum atomic E-state index is 10.3. The number of nitrogens with one attached hydrogen (secondary N) is 1. The quantitative estimate of drug-likeness (QED) is 0.420. The highest BCUT2D eigenvalue weighted by atomic mass is 16.5. The van der Waals surface area contributed by atoms with Gasteiger partial charge in [-0.3, -0.25) is 0 Å². The number of rotatable bonds is 9. The van der Waals surface area contributed by atoms with Crippen LogP contribution in [0.1, 0.15) is 11.1 Å². The largest absolute Gasteiger partial charge is 0.489 e. The Morgan fingerprint density at radius 3 is 2.81 bits per heavy atom. The van der Waals surface area contributed by atoms with Gasteiger partial charge in [0, 0.05) is 17.8 Å². The first kappa shape index (κ1) is 18.5. The number of hydrogen-bond acceptors (Lipinski definition) is 5. The number of hydrogen-bond donors (Lipinski definition) is 1. The van der Waals surface area contributed by atoms with E-state index in [-0.39, 0.29) is 19.4 Å². The van der Waals surface area contributed by atoms with Gasteiger partial charge in [0.25, 0.3) is 0 Å². The normalized spacial score (nSPS) is 15.3. The Kier molecular flexibility index (Phi) is 6.87. The average Bonchev–Trinajstić information content (AvgIpc) is 2.73. The summed E-state index contributed by atoms with van der Waals surface area (Å²) in [6, 6.07) is 17.7. The lowest BCUT2D eigenvalue weighted by molar-refractivity contribution is 0.104. The molecule has 0 saturated heterocycles. The summed E-state index contributed by atoms with van der Waals surface area (Å²) >= 11 is 0. The monoisotopic (exact) mass is 363 g/mol. The molecule has 0 radical (unpaired) electrons. The minimum atomic E-state index is -0.301. The first-order chi connectivity index (χ1) is 13.3. The lowest BCUT2D eigenvalue weighted by Crippen LogP contribution is -2.30. The van der Waals surface area contributed by atoms with E-state index in [9.17, 15) is 4.79 Å². The van der Waals surface area contributed by atoms with Crippen LogP contribution in [-0.2, 0) is 20.9 Å². The van der Waals surface area contributed by atoms with Crippen molar-refractivity contribution in [3.63, 3.8) is 0 Å². The molecule has 1 heterocycles. The third-order valence-electron chi connectivity index (χ3n) is 3.83. The first-order valence-corrected chi connectivity index (χ1v) is 8.68. The van der Waals surface area contributed by atoms with Crippen LogP contribution in [0.4, 0.5) is 0 Å². The van der Waals surface area contributed by atoms with Gasteiger partial charge in [-0.25, -0.2) is 4.79 Å². The summed E-state index contributed by atoms with van der Waals surface area (Å²) in [5.74, 6) is 3.12. The second-order valence-electron chi connectivity index (χ2n) is 5.82. The Morgan fingerprint density at radius 1 is 1.15 bits per heavy atom. The maximum Gasteiger partial charge on any atom is 0.189 e. The number of para-hydroxylation sites is 1. The van der Waals surface area contributed by atoms with Gasteiger partial charge < -0.3 is 19.5 Å². The van der Waals surface area contributed by atoms with Crippen LogP contribution in [0.15, 0.2) is 78.7 Å². The predicted octanol–water partition coefficient (Wildman–Crippen LogP) is 3.47. The zero-order valence-corrected chi connectivity index (χ0v) is 14.8. The van der Waals surface area contributed by atoms with E-state index < -0.39 is 0 Å². The summed E-state index contributed by atoms with van der Waals surface area (Å²) in [6.45, 7) is 0.833. The predicted molar refractivity (Wildman–Crippen MR) is 103 cm³/mol. The lowest BCUT2D eigenvalue weighted by atomic mass is 10.1. The molecule has 0 saturated carbocycles. The smallest absolute Gasteiger partial charge is 0.189 e. The van der Waals surface area contributed by atoms with Crippen LogP contribution in [0.25, 0.3) is 6.08 Å². The molecular formula is C22H21NO4. The standard InChI is InChI=1S/C22H21NO4/c24-13-6-14-25-17-20(26-16-18-7-2-1-3-8-18)15-23-22-12-11-19-9-4-5-10-21(19)27-22/h1-12,15,22-23H,14,16-17H2/b20-15+. The minimum Gasteiger partial charge on any atom is -0.489 e. The summed E-state index contributed by atoms with van der Waals surface area (Å²) in [4.78, 5) is 10.3. The van der Waals surface area contributed by atoms with Crippen molar-refractivity contribution >= 4 is 12.0 Å². The summed E-state index contributed by atoms with van der Waals surface area (Å²) in [7, 11) is 0. The molecule has 2 aromatic rings. The van der Waals surface area contributed by atoms with Crippen LogP contribution in [0.2, 0.25) is 0 Å². The summed E-state index contributed by atoms with van der Waals surface area (Å²) in [6.07, 6.45) is 6.66. The fourth-order valence-electron chi connectivity index (χ4n) is 2.49. The minimum absolute atomic E-state index is 0.183. The highest BCUT2D eigenvalue weighted by Gasteiger charge is 2.12. The van der Waals surface area contributed by atoms with Crippen LogP contribution in [0.5, 0.6) is 5.75 Å². The van der Waals surface area contributed by atoms with Gasteiger partial charge in [0.1, 0.15) is 30.7 Å². The van der Waals surface area contributed by atoms with Crippen molar-refractivity contribution in [2.24, 2.45) is 0 Å². The molecule has 0 amide bonds. The number of fused-ring (bicyclic) bond motifs is 1. The molecule has 1 unspecified atom stereocenters. The molecule has 2 aromatic carbocycles. The van der Waals surface area contributed by atoms with Crippen LogP contribution in [-0.4, -0.2) is 25.4 Å². The molecule has 1 aliphatic rings. The van der Waals surface area contributed by atoms with Gasteiger partial charge in [0.15, 0.2) is 6.23 Å². The highest BCUT2D eigenvalue weighted by Crippen LogP contribution is 2.24. The van der Waals surface area contributed by atoms with Crippen LogP contribution in [0.3, 0.4) is 0 Å². The van der Waals surface area contributed by atoms with E-state index >= 15 is 0 Å². The zero-order valence-electron chi connectivity index (χ0n) is 14.8. The van der Waals surface area contributed by atoms with Gasteiger partial charge in [-0.2, -0.15) is 0 Å². The van der Waals surface area contributed by atoms with Gasteiger partial charge in [-0.1, -0.05) is 48.5 Å². The van der Waals surface area contributed by atoms with E-state index in [1.165, 1.54) is 6.08 Å². The number of ether oxygens (including phenoxy) is 3. The van der Waals surface area contributed by atoms with E-state index in [2.05, 4.69) is 5.32 Å². The van der Waals surface area contributed by atoms with Crippen molar-refractivity contribution < 1.29 is 19.0 Å². The van der Waals surface area contributed by atoms with Gasteiger partial charge in [0.05, 0.1) is 6.61 Å². The van der Waals surface area contributed by atoms with Gasteiger partial charge in [-0.15, -0.1) is 0 Å². The Balaban J connectivity index is 1.59. The molecule has 0 aromatic heterocycles. The first-order valence-electron chi connectivity index (χ1n) is 8.68. The molecule has 5 nitrogen and oxygen atoms in total. The van der Waals surface area contributed by atoms with Crippen LogP contribution >= 0.6 is 0 Å². The second-order valence-corrected chi connectivity index (χ2v) is 5.82. The molecule has 1 atom stereocenters. The number of carbonyl (C=O) groups excluding carboxylic acids is 1. The number of benzene rings is 2. The average molecular weight is 363 g/mol. The molecule has 0 bridgehead atoms. The van der Waals surface area contributed by atoms with Gasteiger partial charge in [-0.05, 0) is 23.8 Å². The van der Waals surface area contributed by atoms with Gasteiger partial charge >= 0.3 is 0 Å². The molecule has 0 aliphatic carbocycles. The third-order valence-corrected chi connectivity index (χ3v) is 3.83. The van der Waals surface area contributed by atoms with E-state index in [0.717, 1.165) is 16.9 Å². The Labute approximate surface area is 158 Å². The molecule has 1 N–H and O–H groups in total. The van der Waals surface area contributed by atoms with E-state index in [0.29, 0.717) is 12.4 Å². The van der Waals surface area contributed by atoms with Crippen LogP contribution < -0.4 is 10.1 Å². The van der Waals surface area contributed by atoms with Crippen molar-refractivity contribution in [2.45, 2.75) is 12.8 Å². The van der Waals surface area contributed by atoms with Crippen molar-refractivity contribution in [3.8, 4) is 5.75 Å². The summed E-state index contributed by atoms with van der Waals surface area (Å²) in [5.41, 5.74) is 2.10. The van der Waals surface area contributed by atoms with Crippen molar-refractivity contribution in [1.29, 1.82) is 0 Å². The zero-order chi connectivity index (χ0) is 18.7. The van der Waals surface area contributed by atoms with Crippen LogP contribution in [0, 0.1) is 0 Å². The molecular weight excluding hydrogens is 342 g/mol. The third kappa shape index (κ3) is 5.89. The highest BCUT2D eigenvalue weighted by molar-refractivity contribution is 5.59. The van der Waals surface area contributed by atoms with Crippen molar-refractivity contribution in [3.05, 3.63) is 89.8 Å². The maximum absolute atomic E-state index is 10.3. The summed E-state index contributed by atoms with van der Waals surface area (Å²) < 4.78 is 17.2. The molecule has 138 valence electrons. The summed E-state index contributed by atoms with van der Waals surface area (Å²) in [5, 5.41) is 3.18. The SMILES string of the molecule is O=C=CCOC/C(=C\NC1C=Cc2ccccc2O1)OCc1ccccc1. The van der Waals surface area contributed by atoms with Crippen molar-refractivity contribution in [2.75, 3.05) is 13.2 Å². The molecule has 1 aliphatic heterocycles. The lowest BCUT2D eigenvalue weighted by Gasteiger charge is -2.22. The molecule has 27 heavy (non-hydrogen) atoms. The van der Waals surface area contributed by atoms with E-state index in [1.54, 1.807) is 12.1 Å². The van der Waals surface area contributed by atoms with E-state index in [4.69, 9.17) is 14.2 Å². The van der Waals surface area contributed by atoms with Crippen molar-refractivity contribution in [1.82, 2.24) is 5.32 Å². The Hall–Kier alpha value is -3.27. The molecule has 0 spiro atoms. The molecule has 0 fully saturated rings. The fourth-order valence-corrected chi connectivity index (χ4v) is 2.49. The molecule has 3 rings (SSSR count). The Bertz CT molecular complexity index is 838. The second kappa shape index (κ2) is 10.0. The fraction of sp³-hybridized carbons (Fsp3) is 0.182. The van der Waals surface area contributed by atoms with E-state index in [1.807, 2.05) is 66.7 Å². The topological polar surface area (TPSA) is 56.8 Å². The Morgan fingerprint density at radius 2 is 1.96 bits per heavy atom. The molecule has 5 heteroatoms.